The van der Waals surface area contributed by atoms with Gasteiger partial charge in [-0.3, -0.25) is 9.59 Å². The van der Waals surface area contributed by atoms with E-state index in [4.69, 9.17) is 23.2 Å². The Hall–Kier alpha value is -1.47. The molecule has 9 heteroatoms. The highest BCUT2D eigenvalue weighted by molar-refractivity contribution is 6.53. The van der Waals surface area contributed by atoms with Gasteiger partial charge in [-0.15, -0.1) is 0 Å². The van der Waals surface area contributed by atoms with Crippen molar-refractivity contribution in [3.05, 3.63) is 35.1 Å². The summed E-state index contributed by atoms with van der Waals surface area (Å²) < 4.78 is 39.7. The summed E-state index contributed by atoms with van der Waals surface area (Å²) in [5, 5.41) is 0. The summed E-state index contributed by atoms with van der Waals surface area (Å²) in [7, 11) is 0. The van der Waals surface area contributed by atoms with Crippen molar-refractivity contribution in [2.45, 2.75) is 4.84 Å². The van der Waals surface area contributed by atoms with Gasteiger partial charge < -0.3 is 9.80 Å². The maximum Gasteiger partial charge on any atom is 0.257 e. The van der Waals surface area contributed by atoms with Gasteiger partial charge in [-0.2, -0.15) is 0 Å². The zero-order valence-electron chi connectivity index (χ0n) is 11.2. The predicted molar refractivity (Wildman–Crippen MR) is 74.3 cm³/mol. The second-order valence-electron chi connectivity index (χ2n) is 4.64. The Labute approximate surface area is 134 Å². The van der Waals surface area contributed by atoms with Crippen molar-refractivity contribution in [2.75, 3.05) is 26.2 Å². The lowest BCUT2D eigenvalue weighted by Crippen LogP contribution is -2.51. The molecule has 1 aliphatic heterocycles. The molecule has 0 radical (unpaired) electrons. The molecular weight excluding hydrogens is 344 g/mol. The molecule has 120 valence electrons. The van der Waals surface area contributed by atoms with Crippen molar-refractivity contribution < 1.29 is 22.8 Å². The number of alkyl halides is 2. The van der Waals surface area contributed by atoms with E-state index in [9.17, 15) is 22.8 Å². The van der Waals surface area contributed by atoms with Gasteiger partial charge in [0, 0.05) is 26.2 Å². The van der Waals surface area contributed by atoms with Crippen LogP contribution in [0.1, 0.15) is 10.4 Å². The number of hydrogen-bond acceptors (Lipinski definition) is 2. The van der Waals surface area contributed by atoms with Gasteiger partial charge in [-0.1, -0.05) is 23.2 Å². The molecule has 0 spiro atoms. The number of nitrogens with zero attached hydrogens (tertiary/aromatic N) is 2. The molecule has 1 aliphatic rings. The van der Waals surface area contributed by atoms with Crippen LogP contribution in [0.5, 0.6) is 0 Å². The van der Waals surface area contributed by atoms with Gasteiger partial charge >= 0.3 is 0 Å². The molecule has 2 rings (SSSR count). The van der Waals surface area contributed by atoms with E-state index >= 15 is 0 Å². The molecule has 1 aromatic rings. The summed E-state index contributed by atoms with van der Waals surface area (Å²) in [6.45, 7) is 0.574. The molecule has 1 fully saturated rings. The summed E-state index contributed by atoms with van der Waals surface area (Å²) in [5.41, 5.74) is -0.550. The summed E-state index contributed by atoms with van der Waals surface area (Å²) in [6.07, 6.45) is 0. The predicted octanol–water partition coefficient (Wildman–Crippen LogP) is 2.19. The maximum absolute atomic E-state index is 13.6. The van der Waals surface area contributed by atoms with Crippen LogP contribution in [0.25, 0.3) is 0 Å². The molecular formula is C13H11Cl2F3N2O2. The zero-order valence-corrected chi connectivity index (χ0v) is 12.7. The zero-order chi connectivity index (χ0) is 16.4. The van der Waals surface area contributed by atoms with Crippen molar-refractivity contribution in [1.82, 2.24) is 9.80 Å². The Balaban J connectivity index is 2.07. The number of rotatable bonds is 2. The number of hydrogen-bond donors (Lipinski definition) is 0. The van der Waals surface area contributed by atoms with E-state index in [0.717, 1.165) is 6.07 Å². The average Bonchev–Trinajstić information content (AvgIpc) is 2.51. The van der Waals surface area contributed by atoms with Crippen LogP contribution in [0.3, 0.4) is 0 Å². The molecule has 0 aliphatic carbocycles. The third-order valence-electron chi connectivity index (χ3n) is 3.33. The largest absolute Gasteiger partial charge is 0.337 e. The van der Waals surface area contributed by atoms with Gasteiger partial charge in [0.05, 0.1) is 5.56 Å². The Bertz CT molecular complexity index is 605. The number of amides is 2. The van der Waals surface area contributed by atoms with Gasteiger partial charge in [0.2, 0.25) is 0 Å². The fourth-order valence-corrected chi connectivity index (χ4v) is 2.41. The van der Waals surface area contributed by atoms with Crippen LogP contribution in [0.2, 0.25) is 0 Å². The Morgan fingerprint density at radius 2 is 1.50 bits per heavy atom. The number of benzene rings is 1. The third-order valence-corrected chi connectivity index (χ3v) is 3.70. The van der Waals surface area contributed by atoms with Gasteiger partial charge in [0.1, 0.15) is 0 Å². The normalized spacial score (nSPS) is 15.4. The minimum Gasteiger partial charge on any atom is -0.337 e. The van der Waals surface area contributed by atoms with Crippen molar-refractivity contribution in [2.24, 2.45) is 0 Å². The fraction of sp³-hybridized carbons (Fsp3) is 0.385. The minimum atomic E-state index is -1.69. The van der Waals surface area contributed by atoms with Crippen LogP contribution in [-0.4, -0.2) is 52.6 Å². The van der Waals surface area contributed by atoms with Crippen LogP contribution < -0.4 is 0 Å². The molecule has 4 nitrogen and oxygen atoms in total. The Kier molecular flexibility index (Phi) is 5.18. The highest BCUT2D eigenvalue weighted by Crippen LogP contribution is 2.18. The van der Waals surface area contributed by atoms with Crippen molar-refractivity contribution in [1.29, 1.82) is 0 Å². The molecule has 0 atom stereocenters. The topological polar surface area (TPSA) is 40.6 Å². The standard InChI is InChI=1S/C13H11Cl2F3N2O2/c14-11(15)13(22)20-5-3-19(4-6-20)12(21)7-1-2-8(16)10(18)9(7)17/h1-2,11H,3-6H2. The maximum atomic E-state index is 13.6. The molecule has 0 unspecified atom stereocenters. The molecule has 0 saturated carbocycles. The molecule has 1 heterocycles. The van der Waals surface area contributed by atoms with Crippen LogP contribution in [-0.2, 0) is 4.79 Å². The lowest BCUT2D eigenvalue weighted by molar-refractivity contribution is -0.130. The molecule has 22 heavy (non-hydrogen) atoms. The molecule has 0 N–H and O–H groups in total. The highest BCUT2D eigenvalue weighted by atomic mass is 35.5. The number of carbonyl (C=O) groups is 2. The minimum absolute atomic E-state index is 0.115. The molecule has 2 amide bonds. The van der Waals surface area contributed by atoms with Crippen LogP contribution in [0.15, 0.2) is 12.1 Å². The van der Waals surface area contributed by atoms with E-state index < -0.39 is 39.7 Å². The van der Waals surface area contributed by atoms with Crippen LogP contribution in [0, 0.1) is 17.5 Å². The van der Waals surface area contributed by atoms with Crippen molar-refractivity contribution >= 4 is 35.0 Å². The lowest BCUT2D eigenvalue weighted by Gasteiger charge is -2.35. The van der Waals surface area contributed by atoms with Crippen LogP contribution in [0.4, 0.5) is 13.2 Å². The lowest BCUT2D eigenvalue weighted by atomic mass is 10.1. The molecule has 0 bridgehead atoms. The van der Waals surface area contributed by atoms with E-state index in [2.05, 4.69) is 0 Å². The van der Waals surface area contributed by atoms with Gasteiger partial charge in [-0.25, -0.2) is 13.2 Å². The first-order chi connectivity index (χ1) is 10.3. The fourth-order valence-electron chi connectivity index (χ4n) is 2.13. The second-order valence-corrected chi connectivity index (χ2v) is 5.74. The first kappa shape index (κ1) is 16.9. The molecule has 0 aromatic heterocycles. The molecule has 1 saturated heterocycles. The smallest absolute Gasteiger partial charge is 0.257 e. The quantitative estimate of drug-likeness (QED) is 0.603. The SMILES string of the molecule is O=C(c1ccc(F)c(F)c1F)N1CCN(C(=O)C(Cl)Cl)CC1. The van der Waals surface area contributed by atoms with E-state index in [1.807, 2.05) is 0 Å². The summed E-state index contributed by atoms with van der Waals surface area (Å²) in [6, 6.07) is 1.58. The van der Waals surface area contributed by atoms with Crippen molar-refractivity contribution in [3.63, 3.8) is 0 Å². The first-order valence-corrected chi connectivity index (χ1v) is 7.20. The number of piperazine rings is 1. The van der Waals surface area contributed by atoms with E-state index in [0.29, 0.717) is 6.07 Å². The monoisotopic (exact) mass is 354 g/mol. The Morgan fingerprint density at radius 3 is 2.05 bits per heavy atom. The van der Waals surface area contributed by atoms with Crippen LogP contribution >= 0.6 is 23.2 Å². The van der Waals surface area contributed by atoms with Gasteiger partial charge in [-0.05, 0) is 12.1 Å². The summed E-state index contributed by atoms with van der Waals surface area (Å²) >= 11 is 11.0. The average molecular weight is 355 g/mol. The summed E-state index contributed by atoms with van der Waals surface area (Å²) in [4.78, 5) is 25.2. The Morgan fingerprint density at radius 1 is 0.955 bits per heavy atom. The first-order valence-electron chi connectivity index (χ1n) is 6.32. The third kappa shape index (κ3) is 3.30. The number of carbonyl (C=O) groups excluding carboxylic acids is 2. The van der Waals surface area contributed by atoms with Gasteiger partial charge in [0.25, 0.3) is 11.8 Å². The van der Waals surface area contributed by atoms with E-state index in [-0.39, 0.29) is 26.2 Å². The molecule has 1 aromatic carbocycles. The van der Waals surface area contributed by atoms with E-state index in [1.165, 1.54) is 9.80 Å². The van der Waals surface area contributed by atoms with Crippen molar-refractivity contribution in [3.8, 4) is 0 Å². The highest BCUT2D eigenvalue weighted by Gasteiger charge is 2.29. The summed E-state index contributed by atoms with van der Waals surface area (Å²) in [5.74, 6) is -5.82. The van der Waals surface area contributed by atoms with Gasteiger partial charge in [0.15, 0.2) is 22.3 Å². The number of halogens is 5. The second kappa shape index (κ2) is 6.75. The van der Waals surface area contributed by atoms with E-state index in [1.54, 1.807) is 0 Å².